The standard InChI is InChI=1S/C20H32N4O.HI/c1-5-21-20(23-19-11-24(14(2)3)10-15(19)4)22-9-16-6-7-17-12-25-13-18(17)8-16;/h6-8,14-15,19H,5,9-13H2,1-4H3,(H2,21,22,23);1H. The third-order valence-corrected chi connectivity index (χ3v) is 5.24. The van der Waals surface area contributed by atoms with Crippen LogP contribution in [0.3, 0.4) is 0 Å². The zero-order valence-corrected chi connectivity index (χ0v) is 18.7. The first-order valence-corrected chi connectivity index (χ1v) is 9.54. The number of nitrogens with zero attached hydrogens (tertiary/aromatic N) is 2. The van der Waals surface area contributed by atoms with Crippen LogP contribution in [0.2, 0.25) is 0 Å². The van der Waals surface area contributed by atoms with Gasteiger partial charge in [-0.3, -0.25) is 4.90 Å². The summed E-state index contributed by atoms with van der Waals surface area (Å²) in [5.74, 6) is 1.55. The van der Waals surface area contributed by atoms with Crippen molar-refractivity contribution in [3.05, 3.63) is 34.9 Å². The van der Waals surface area contributed by atoms with Gasteiger partial charge in [0, 0.05) is 31.7 Å². The highest BCUT2D eigenvalue weighted by Crippen LogP contribution is 2.21. The number of guanidine groups is 1. The zero-order chi connectivity index (χ0) is 17.8. The predicted octanol–water partition coefficient (Wildman–Crippen LogP) is 3.12. The normalized spacial score (nSPS) is 23.0. The van der Waals surface area contributed by atoms with Gasteiger partial charge in [0.15, 0.2) is 5.96 Å². The molecule has 1 fully saturated rings. The van der Waals surface area contributed by atoms with Crippen LogP contribution in [0.15, 0.2) is 23.2 Å². The summed E-state index contributed by atoms with van der Waals surface area (Å²) in [7, 11) is 0. The Morgan fingerprint density at radius 2 is 2.04 bits per heavy atom. The maximum Gasteiger partial charge on any atom is 0.191 e. The summed E-state index contributed by atoms with van der Waals surface area (Å²) in [4.78, 5) is 7.35. The summed E-state index contributed by atoms with van der Waals surface area (Å²) in [5.41, 5.74) is 3.86. The molecule has 2 heterocycles. The van der Waals surface area contributed by atoms with Gasteiger partial charge in [-0.1, -0.05) is 25.1 Å². The number of likely N-dealkylation sites (tertiary alicyclic amines) is 1. The third kappa shape index (κ3) is 5.33. The van der Waals surface area contributed by atoms with Crippen molar-refractivity contribution in [1.82, 2.24) is 15.5 Å². The Labute approximate surface area is 175 Å². The SMILES string of the molecule is CCNC(=NCc1ccc2c(c1)COC2)NC1CN(C(C)C)CC1C.I. The maximum atomic E-state index is 5.50. The van der Waals surface area contributed by atoms with Gasteiger partial charge in [-0.2, -0.15) is 0 Å². The monoisotopic (exact) mass is 472 g/mol. The number of rotatable bonds is 5. The molecule has 6 heteroatoms. The number of fused-ring (bicyclic) bond motifs is 1. The molecule has 2 unspecified atom stereocenters. The summed E-state index contributed by atoms with van der Waals surface area (Å²) in [6.45, 7) is 14.3. The van der Waals surface area contributed by atoms with Gasteiger partial charge in [-0.05, 0) is 43.4 Å². The molecule has 0 saturated carbocycles. The minimum Gasteiger partial charge on any atom is -0.372 e. The summed E-state index contributed by atoms with van der Waals surface area (Å²) in [6.07, 6.45) is 0. The van der Waals surface area contributed by atoms with Crippen molar-refractivity contribution in [2.45, 2.75) is 59.5 Å². The van der Waals surface area contributed by atoms with Crippen LogP contribution in [0.5, 0.6) is 0 Å². The molecule has 1 aromatic rings. The average Bonchev–Trinajstić information content (AvgIpc) is 3.19. The number of hydrogen-bond donors (Lipinski definition) is 2. The maximum absolute atomic E-state index is 5.50. The third-order valence-electron chi connectivity index (χ3n) is 5.24. The van der Waals surface area contributed by atoms with E-state index in [2.05, 4.69) is 61.4 Å². The first kappa shape index (κ1) is 21.4. The largest absolute Gasteiger partial charge is 0.372 e. The second-order valence-corrected chi connectivity index (χ2v) is 7.57. The summed E-state index contributed by atoms with van der Waals surface area (Å²) >= 11 is 0. The van der Waals surface area contributed by atoms with Crippen molar-refractivity contribution in [3.8, 4) is 0 Å². The molecule has 2 N–H and O–H groups in total. The van der Waals surface area contributed by atoms with Crippen molar-refractivity contribution < 1.29 is 4.74 Å². The number of nitrogens with one attached hydrogen (secondary N) is 2. The van der Waals surface area contributed by atoms with E-state index in [4.69, 9.17) is 9.73 Å². The molecule has 5 nitrogen and oxygen atoms in total. The number of hydrogen-bond acceptors (Lipinski definition) is 3. The van der Waals surface area contributed by atoms with E-state index in [-0.39, 0.29) is 24.0 Å². The Bertz CT molecular complexity index is 620. The lowest BCUT2D eigenvalue weighted by molar-refractivity contribution is 0.134. The van der Waals surface area contributed by atoms with Crippen LogP contribution in [-0.4, -0.2) is 42.6 Å². The van der Waals surface area contributed by atoms with E-state index < -0.39 is 0 Å². The molecule has 0 aromatic heterocycles. The molecule has 1 saturated heterocycles. The van der Waals surface area contributed by atoms with Crippen LogP contribution < -0.4 is 10.6 Å². The lowest BCUT2D eigenvalue weighted by atomic mass is 10.1. The molecule has 0 radical (unpaired) electrons. The van der Waals surface area contributed by atoms with Crippen molar-refractivity contribution in [2.75, 3.05) is 19.6 Å². The zero-order valence-electron chi connectivity index (χ0n) is 16.4. The number of aliphatic imine (C=N–C) groups is 1. The van der Waals surface area contributed by atoms with Crippen molar-refractivity contribution in [3.63, 3.8) is 0 Å². The summed E-state index contributed by atoms with van der Waals surface area (Å²) in [6, 6.07) is 7.62. The average molecular weight is 472 g/mol. The molecule has 2 aliphatic heterocycles. The van der Waals surface area contributed by atoms with Crippen molar-refractivity contribution in [1.29, 1.82) is 0 Å². The Kier molecular flexibility index (Phi) is 8.16. The van der Waals surface area contributed by atoms with Crippen LogP contribution in [0.1, 0.15) is 44.4 Å². The first-order valence-electron chi connectivity index (χ1n) is 9.54. The first-order chi connectivity index (χ1) is 12.1. The Hall–Kier alpha value is -0.860. The predicted molar refractivity (Wildman–Crippen MR) is 118 cm³/mol. The number of benzene rings is 1. The molecular weight excluding hydrogens is 439 g/mol. The highest BCUT2D eigenvalue weighted by Gasteiger charge is 2.31. The lowest BCUT2D eigenvalue weighted by Gasteiger charge is -2.22. The molecule has 0 amide bonds. The minimum absolute atomic E-state index is 0. The fraction of sp³-hybridized carbons (Fsp3) is 0.650. The fourth-order valence-corrected chi connectivity index (χ4v) is 3.60. The molecule has 2 aliphatic rings. The van der Waals surface area contributed by atoms with Gasteiger partial charge in [0.25, 0.3) is 0 Å². The second-order valence-electron chi connectivity index (χ2n) is 7.57. The lowest BCUT2D eigenvalue weighted by Crippen LogP contribution is -2.46. The summed E-state index contributed by atoms with van der Waals surface area (Å²) < 4.78 is 5.50. The Morgan fingerprint density at radius 1 is 1.27 bits per heavy atom. The molecule has 2 atom stereocenters. The molecule has 1 aromatic carbocycles. The molecule has 0 bridgehead atoms. The van der Waals surface area contributed by atoms with Gasteiger partial charge in [0.1, 0.15) is 0 Å². The van der Waals surface area contributed by atoms with E-state index >= 15 is 0 Å². The van der Waals surface area contributed by atoms with Crippen LogP contribution in [0.4, 0.5) is 0 Å². The van der Waals surface area contributed by atoms with E-state index in [1.165, 1.54) is 16.7 Å². The van der Waals surface area contributed by atoms with Crippen LogP contribution >= 0.6 is 24.0 Å². The van der Waals surface area contributed by atoms with Gasteiger partial charge >= 0.3 is 0 Å². The number of ether oxygens (including phenoxy) is 1. The Balaban J connectivity index is 0.00000243. The van der Waals surface area contributed by atoms with Gasteiger partial charge in [0.05, 0.1) is 19.8 Å². The second kappa shape index (κ2) is 9.90. The molecule has 3 rings (SSSR count). The van der Waals surface area contributed by atoms with Gasteiger partial charge in [-0.15, -0.1) is 24.0 Å². The number of halogens is 1. The molecule has 26 heavy (non-hydrogen) atoms. The van der Waals surface area contributed by atoms with E-state index in [1.54, 1.807) is 0 Å². The van der Waals surface area contributed by atoms with E-state index in [0.29, 0.717) is 24.5 Å². The topological polar surface area (TPSA) is 48.9 Å². The van der Waals surface area contributed by atoms with E-state index in [1.807, 2.05) is 0 Å². The van der Waals surface area contributed by atoms with Crippen LogP contribution in [0, 0.1) is 5.92 Å². The molecule has 146 valence electrons. The molecular formula is C20H33IN4O. The van der Waals surface area contributed by atoms with Crippen molar-refractivity contribution in [2.24, 2.45) is 10.9 Å². The van der Waals surface area contributed by atoms with Crippen molar-refractivity contribution >= 4 is 29.9 Å². The van der Waals surface area contributed by atoms with Gasteiger partial charge in [0.2, 0.25) is 0 Å². The fourth-order valence-electron chi connectivity index (χ4n) is 3.60. The quantitative estimate of drug-likeness (QED) is 0.393. The Morgan fingerprint density at radius 3 is 2.73 bits per heavy atom. The molecule has 0 aliphatic carbocycles. The smallest absolute Gasteiger partial charge is 0.191 e. The minimum atomic E-state index is 0. The van der Waals surface area contributed by atoms with Crippen LogP contribution in [0.25, 0.3) is 0 Å². The van der Waals surface area contributed by atoms with Crippen LogP contribution in [-0.2, 0) is 24.5 Å². The highest BCUT2D eigenvalue weighted by atomic mass is 127. The van der Waals surface area contributed by atoms with Gasteiger partial charge < -0.3 is 15.4 Å². The van der Waals surface area contributed by atoms with Gasteiger partial charge in [-0.25, -0.2) is 4.99 Å². The summed E-state index contributed by atoms with van der Waals surface area (Å²) in [5, 5.41) is 7.04. The van der Waals surface area contributed by atoms with E-state index in [0.717, 1.165) is 38.8 Å². The highest BCUT2D eigenvalue weighted by molar-refractivity contribution is 14.0. The molecule has 0 spiro atoms. The van der Waals surface area contributed by atoms with E-state index in [9.17, 15) is 0 Å².